The Morgan fingerprint density at radius 3 is 2.44 bits per heavy atom. The number of primary sulfonamides is 1. The summed E-state index contributed by atoms with van der Waals surface area (Å²) in [6, 6.07) is 0. The molecule has 94 valence electrons. The molecule has 0 bridgehead atoms. The van der Waals surface area contributed by atoms with E-state index in [1.165, 1.54) is 6.92 Å². The first-order valence-electron chi connectivity index (χ1n) is 5.28. The highest BCUT2D eigenvalue weighted by atomic mass is 32.2. The Hall–Kier alpha value is -0.660. The number of nitrogens with two attached hydrogens (primary N) is 1. The molecule has 1 amide bonds. The van der Waals surface area contributed by atoms with Crippen molar-refractivity contribution < 1.29 is 18.3 Å². The Balaban J connectivity index is 2.47. The summed E-state index contributed by atoms with van der Waals surface area (Å²) in [7, 11) is -3.64. The lowest BCUT2D eigenvalue weighted by Gasteiger charge is -2.21. The van der Waals surface area contributed by atoms with E-state index in [-0.39, 0.29) is 6.54 Å². The lowest BCUT2D eigenvalue weighted by atomic mass is 10.0. The number of rotatable bonds is 4. The zero-order valence-electron chi connectivity index (χ0n) is 9.27. The average Bonchev–Trinajstić information content (AvgIpc) is 2.60. The fourth-order valence-corrected chi connectivity index (χ4v) is 2.02. The minimum Gasteiger partial charge on any atom is -0.380 e. The molecule has 4 N–H and O–H groups in total. The molecule has 1 rings (SSSR count). The Bertz CT molecular complexity index is 360. The number of sulfonamides is 1. The van der Waals surface area contributed by atoms with E-state index >= 15 is 0 Å². The highest BCUT2D eigenvalue weighted by Crippen LogP contribution is 2.29. The van der Waals surface area contributed by atoms with Gasteiger partial charge in [0.2, 0.25) is 10.0 Å². The minimum atomic E-state index is -3.64. The van der Waals surface area contributed by atoms with Gasteiger partial charge in [-0.2, -0.15) is 0 Å². The van der Waals surface area contributed by atoms with Crippen molar-refractivity contribution in [1.29, 1.82) is 0 Å². The van der Waals surface area contributed by atoms with Crippen LogP contribution in [0, 0.1) is 0 Å². The summed E-state index contributed by atoms with van der Waals surface area (Å²) in [5.74, 6) is -0.500. The largest absolute Gasteiger partial charge is 0.380 e. The summed E-state index contributed by atoms with van der Waals surface area (Å²) in [5.41, 5.74) is -1.32. The quantitative estimate of drug-likeness (QED) is 0.599. The molecular formula is C9H18N2O4S. The van der Waals surface area contributed by atoms with Crippen molar-refractivity contribution in [3.05, 3.63) is 0 Å². The van der Waals surface area contributed by atoms with Crippen LogP contribution in [0.3, 0.4) is 0 Å². The number of amides is 1. The van der Waals surface area contributed by atoms with Crippen LogP contribution in [-0.2, 0) is 14.8 Å². The van der Waals surface area contributed by atoms with Crippen LogP contribution in [0.4, 0.5) is 0 Å². The molecule has 1 fully saturated rings. The van der Waals surface area contributed by atoms with Crippen LogP contribution >= 0.6 is 0 Å². The van der Waals surface area contributed by atoms with E-state index in [0.717, 1.165) is 12.8 Å². The number of hydrogen-bond donors (Lipinski definition) is 3. The normalized spacial score (nSPS) is 21.7. The van der Waals surface area contributed by atoms with Gasteiger partial charge in [0.25, 0.3) is 5.91 Å². The van der Waals surface area contributed by atoms with E-state index in [0.29, 0.717) is 12.8 Å². The summed E-state index contributed by atoms with van der Waals surface area (Å²) in [4.78, 5) is 11.6. The fourth-order valence-electron chi connectivity index (χ4n) is 1.70. The van der Waals surface area contributed by atoms with Gasteiger partial charge in [-0.1, -0.05) is 0 Å². The van der Waals surface area contributed by atoms with E-state index in [1.54, 1.807) is 0 Å². The molecule has 16 heavy (non-hydrogen) atoms. The Morgan fingerprint density at radius 1 is 1.50 bits per heavy atom. The third-order valence-corrected chi connectivity index (χ3v) is 4.25. The molecule has 0 saturated heterocycles. The fraction of sp³-hybridized carbons (Fsp3) is 0.889. The zero-order valence-corrected chi connectivity index (χ0v) is 10.1. The number of hydrogen-bond acceptors (Lipinski definition) is 4. The summed E-state index contributed by atoms with van der Waals surface area (Å²) in [6.07, 6.45) is 2.49. The third-order valence-electron chi connectivity index (χ3n) is 2.96. The Kier molecular flexibility index (Phi) is 3.92. The molecular weight excluding hydrogens is 232 g/mol. The van der Waals surface area contributed by atoms with E-state index in [4.69, 9.17) is 5.14 Å². The van der Waals surface area contributed by atoms with Gasteiger partial charge in [0.05, 0.1) is 5.25 Å². The molecule has 7 heteroatoms. The van der Waals surface area contributed by atoms with Crippen LogP contribution < -0.4 is 10.5 Å². The SMILES string of the molecule is CC(CNC(=O)C1(O)CCCC1)S(N)(=O)=O. The molecule has 0 aromatic heterocycles. The number of carbonyl (C=O) groups is 1. The van der Waals surface area contributed by atoms with Crippen LogP contribution in [0.1, 0.15) is 32.6 Å². The van der Waals surface area contributed by atoms with E-state index in [9.17, 15) is 18.3 Å². The van der Waals surface area contributed by atoms with Crippen molar-refractivity contribution in [2.45, 2.75) is 43.5 Å². The smallest absolute Gasteiger partial charge is 0.252 e. The van der Waals surface area contributed by atoms with Crippen LogP contribution in [0.15, 0.2) is 0 Å². The molecule has 0 aliphatic heterocycles. The minimum absolute atomic E-state index is 0.0695. The molecule has 0 spiro atoms. The van der Waals surface area contributed by atoms with Crippen molar-refractivity contribution in [3.8, 4) is 0 Å². The van der Waals surface area contributed by atoms with Crippen molar-refractivity contribution in [1.82, 2.24) is 5.32 Å². The number of aliphatic hydroxyl groups is 1. The molecule has 0 aromatic carbocycles. The van der Waals surface area contributed by atoms with Gasteiger partial charge in [0.15, 0.2) is 0 Å². The van der Waals surface area contributed by atoms with E-state index in [2.05, 4.69) is 5.32 Å². The van der Waals surface area contributed by atoms with Gasteiger partial charge in [0.1, 0.15) is 5.60 Å². The molecule has 1 atom stereocenters. The number of carbonyl (C=O) groups excluding carboxylic acids is 1. The van der Waals surface area contributed by atoms with Gasteiger partial charge < -0.3 is 10.4 Å². The van der Waals surface area contributed by atoms with Crippen molar-refractivity contribution in [2.24, 2.45) is 5.14 Å². The molecule has 0 heterocycles. The van der Waals surface area contributed by atoms with Gasteiger partial charge in [-0.3, -0.25) is 4.79 Å². The van der Waals surface area contributed by atoms with E-state index < -0.39 is 26.8 Å². The third kappa shape index (κ3) is 3.16. The molecule has 1 aliphatic rings. The maximum absolute atomic E-state index is 11.6. The molecule has 1 unspecified atom stereocenters. The monoisotopic (exact) mass is 250 g/mol. The summed E-state index contributed by atoms with van der Waals surface area (Å²) < 4.78 is 21.8. The van der Waals surface area contributed by atoms with Gasteiger partial charge in [-0.05, 0) is 32.6 Å². The van der Waals surface area contributed by atoms with Crippen LogP contribution in [0.25, 0.3) is 0 Å². The van der Waals surface area contributed by atoms with Gasteiger partial charge in [0, 0.05) is 6.54 Å². The topological polar surface area (TPSA) is 109 Å². The molecule has 0 aromatic rings. The molecule has 6 nitrogen and oxygen atoms in total. The number of nitrogens with one attached hydrogen (secondary N) is 1. The Labute approximate surface area is 95.3 Å². The van der Waals surface area contributed by atoms with Crippen LogP contribution in [0.5, 0.6) is 0 Å². The van der Waals surface area contributed by atoms with Crippen LogP contribution in [0.2, 0.25) is 0 Å². The van der Waals surface area contributed by atoms with Gasteiger partial charge in [-0.25, -0.2) is 13.6 Å². The second-order valence-corrected chi connectivity index (χ2v) is 6.33. The van der Waals surface area contributed by atoms with E-state index in [1.807, 2.05) is 0 Å². The predicted octanol–water partition coefficient (Wildman–Crippen LogP) is -0.915. The lowest BCUT2D eigenvalue weighted by molar-refractivity contribution is -0.139. The maximum atomic E-state index is 11.6. The Morgan fingerprint density at radius 2 is 2.00 bits per heavy atom. The van der Waals surface area contributed by atoms with Crippen molar-refractivity contribution in [2.75, 3.05) is 6.54 Å². The zero-order chi connectivity index (χ0) is 12.4. The molecule has 0 radical (unpaired) electrons. The average molecular weight is 250 g/mol. The maximum Gasteiger partial charge on any atom is 0.252 e. The molecule has 1 saturated carbocycles. The first kappa shape index (κ1) is 13.4. The second kappa shape index (κ2) is 4.68. The predicted molar refractivity (Wildman–Crippen MR) is 59.0 cm³/mol. The highest BCUT2D eigenvalue weighted by Gasteiger charge is 2.38. The second-order valence-electron chi connectivity index (χ2n) is 4.35. The lowest BCUT2D eigenvalue weighted by Crippen LogP contribution is -2.48. The first-order valence-corrected chi connectivity index (χ1v) is 6.89. The summed E-state index contributed by atoms with van der Waals surface area (Å²) >= 11 is 0. The summed E-state index contributed by atoms with van der Waals surface area (Å²) in [6.45, 7) is 1.34. The molecule has 1 aliphatic carbocycles. The van der Waals surface area contributed by atoms with Crippen molar-refractivity contribution >= 4 is 15.9 Å². The van der Waals surface area contributed by atoms with Gasteiger partial charge >= 0.3 is 0 Å². The standard InChI is InChI=1S/C9H18N2O4S/c1-7(16(10,14)15)6-11-8(12)9(13)4-2-3-5-9/h7,13H,2-6H2,1H3,(H,11,12)(H2,10,14,15). The first-order chi connectivity index (χ1) is 7.26. The summed E-state index contributed by atoms with van der Waals surface area (Å²) in [5, 5.41) is 16.4. The van der Waals surface area contributed by atoms with Crippen molar-refractivity contribution in [3.63, 3.8) is 0 Å². The van der Waals surface area contributed by atoms with Crippen LogP contribution in [-0.4, -0.2) is 36.8 Å². The van der Waals surface area contributed by atoms with Gasteiger partial charge in [-0.15, -0.1) is 0 Å². The highest BCUT2D eigenvalue weighted by molar-refractivity contribution is 7.89.